The Labute approximate surface area is 103 Å². The third-order valence-corrected chi connectivity index (χ3v) is 4.74. The first-order valence-corrected chi connectivity index (χ1v) is 7.79. The van der Waals surface area contributed by atoms with Gasteiger partial charge in [-0.15, -0.1) is 0 Å². The molecule has 1 fully saturated rings. The van der Waals surface area contributed by atoms with E-state index < -0.39 is 10.0 Å². The number of hydrogen-bond donors (Lipinski definition) is 0. The summed E-state index contributed by atoms with van der Waals surface area (Å²) in [6, 6.07) is -0.376. The van der Waals surface area contributed by atoms with E-state index in [0.717, 1.165) is 0 Å². The second-order valence-corrected chi connectivity index (χ2v) is 6.51. The van der Waals surface area contributed by atoms with Crippen LogP contribution in [-0.4, -0.2) is 43.6 Å². The third kappa shape index (κ3) is 3.19. The lowest BCUT2D eigenvalue weighted by atomic mass is 9.89. The maximum absolute atomic E-state index is 11.7. The highest BCUT2D eigenvalue weighted by molar-refractivity contribution is 7.88. The Morgan fingerprint density at radius 1 is 1.35 bits per heavy atom. The molecule has 5 nitrogen and oxygen atoms in total. The van der Waals surface area contributed by atoms with Crippen molar-refractivity contribution in [3.8, 4) is 0 Å². The number of ether oxygens (including phenoxy) is 1. The van der Waals surface area contributed by atoms with Gasteiger partial charge in [0.15, 0.2) is 0 Å². The van der Waals surface area contributed by atoms with Crippen molar-refractivity contribution in [3.05, 3.63) is 0 Å². The lowest BCUT2D eigenvalue weighted by Crippen LogP contribution is -2.53. The highest BCUT2D eigenvalue weighted by Crippen LogP contribution is 2.30. The third-order valence-electron chi connectivity index (χ3n) is 3.29. The first-order valence-electron chi connectivity index (χ1n) is 5.94. The number of rotatable bonds is 3. The van der Waals surface area contributed by atoms with Crippen LogP contribution in [-0.2, 0) is 19.6 Å². The second-order valence-electron chi connectivity index (χ2n) is 4.62. The van der Waals surface area contributed by atoms with E-state index in [2.05, 4.69) is 0 Å². The lowest BCUT2D eigenvalue weighted by molar-refractivity contribution is -0.151. The molecule has 0 radical (unpaired) electrons. The van der Waals surface area contributed by atoms with Gasteiger partial charge in [-0.3, -0.25) is 4.79 Å². The van der Waals surface area contributed by atoms with Gasteiger partial charge in [-0.25, -0.2) is 8.42 Å². The summed E-state index contributed by atoms with van der Waals surface area (Å²) >= 11 is 0. The molecule has 1 saturated heterocycles. The monoisotopic (exact) mass is 263 g/mol. The zero-order valence-corrected chi connectivity index (χ0v) is 11.7. The van der Waals surface area contributed by atoms with E-state index in [1.54, 1.807) is 13.8 Å². The summed E-state index contributed by atoms with van der Waals surface area (Å²) in [7, 11) is -3.28. The molecule has 0 aromatic carbocycles. The summed E-state index contributed by atoms with van der Waals surface area (Å²) in [6.07, 6.45) is 2.57. The highest BCUT2D eigenvalue weighted by atomic mass is 32.2. The molecule has 1 heterocycles. The van der Waals surface area contributed by atoms with Crippen LogP contribution in [0.5, 0.6) is 0 Å². The number of nitrogens with zero attached hydrogens (tertiary/aromatic N) is 1. The molecule has 0 aromatic heterocycles. The molecule has 17 heavy (non-hydrogen) atoms. The Balaban J connectivity index is 2.90. The van der Waals surface area contributed by atoms with E-state index in [9.17, 15) is 13.2 Å². The van der Waals surface area contributed by atoms with Crippen LogP contribution in [0.4, 0.5) is 0 Å². The Morgan fingerprint density at radius 3 is 2.41 bits per heavy atom. The lowest BCUT2D eigenvalue weighted by Gasteiger charge is -2.40. The Hall–Kier alpha value is -0.620. The van der Waals surface area contributed by atoms with E-state index in [-0.39, 0.29) is 24.0 Å². The zero-order chi connectivity index (χ0) is 13.2. The van der Waals surface area contributed by atoms with Gasteiger partial charge in [0.1, 0.15) is 0 Å². The van der Waals surface area contributed by atoms with Gasteiger partial charge in [0.05, 0.1) is 18.8 Å². The van der Waals surface area contributed by atoms with Crippen molar-refractivity contribution in [3.63, 3.8) is 0 Å². The normalized spacial score (nSPS) is 31.2. The number of esters is 1. The van der Waals surface area contributed by atoms with E-state index in [4.69, 9.17) is 4.74 Å². The van der Waals surface area contributed by atoms with Crippen molar-refractivity contribution in [1.82, 2.24) is 4.31 Å². The van der Waals surface area contributed by atoms with Gasteiger partial charge >= 0.3 is 5.97 Å². The fourth-order valence-corrected chi connectivity index (χ4v) is 4.07. The summed E-state index contributed by atoms with van der Waals surface area (Å²) < 4.78 is 29.8. The van der Waals surface area contributed by atoms with Crippen LogP contribution in [0.15, 0.2) is 0 Å². The average molecular weight is 263 g/mol. The quantitative estimate of drug-likeness (QED) is 0.713. The predicted octanol–water partition coefficient (Wildman–Crippen LogP) is 0.998. The smallest absolute Gasteiger partial charge is 0.310 e. The predicted molar refractivity (Wildman–Crippen MR) is 65.0 cm³/mol. The summed E-state index contributed by atoms with van der Waals surface area (Å²) in [5, 5.41) is 0. The minimum Gasteiger partial charge on any atom is -0.466 e. The molecule has 0 aromatic rings. The topological polar surface area (TPSA) is 63.7 Å². The second kappa shape index (κ2) is 5.35. The molecule has 0 N–H and O–H groups in total. The number of carbonyl (C=O) groups is 1. The van der Waals surface area contributed by atoms with Gasteiger partial charge < -0.3 is 4.74 Å². The SMILES string of the molecule is CCOC(=O)[C@@H]1CC[C@H](C)N(S(C)(=O)=O)[C@@H]1C. The maximum atomic E-state index is 11.7. The molecule has 1 aliphatic heterocycles. The molecule has 1 rings (SSSR count). The van der Waals surface area contributed by atoms with Crippen LogP contribution in [0, 0.1) is 5.92 Å². The molecule has 0 spiro atoms. The van der Waals surface area contributed by atoms with Gasteiger partial charge in [0, 0.05) is 12.1 Å². The number of piperidine rings is 1. The van der Waals surface area contributed by atoms with Crippen molar-refractivity contribution in [2.24, 2.45) is 5.92 Å². The van der Waals surface area contributed by atoms with Crippen molar-refractivity contribution in [2.45, 2.75) is 45.7 Å². The summed E-state index contributed by atoms with van der Waals surface area (Å²) in [5.41, 5.74) is 0. The number of sulfonamides is 1. The van der Waals surface area contributed by atoms with Gasteiger partial charge in [-0.05, 0) is 33.6 Å². The van der Waals surface area contributed by atoms with Crippen molar-refractivity contribution in [1.29, 1.82) is 0 Å². The summed E-state index contributed by atoms with van der Waals surface area (Å²) in [5.74, 6) is -0.638. The first-order chi connectivity index (χ1) is 7.79. The molecule has 6 heteroatoms. The van der Waals surface area contributed by atoms with Crippen LogP contribution in [0.1, 0.15) is 33.6 Å². The summed E-state index contributed by atoms with van der Waals surface area (Å²) in [6.45, 7) is 5.73. The highest BCUT2D eigenvalue weighted by Gasteiger charge is 2.41. The largest absolute Gasteiger partial charge is 0.466 e. The van der Waals surface area contributed by atoms with Crippen molar-refractivity contribution >= 4 is 16.0 Å². The first kappa shape index (κ1) is 14.4. The molecule has 100 valence electrons. The molecule has 0 amide bonds. The van der Waals surface area contributed by atoms with Gasteiger partial charge in [0.25, 0.3) is 0 Å². The Kier molecular flexibility index (Phi) is 4.55. The molecule has 1 aliphatic rings. The molecular weight excluding hydrogens is 242 g/mol. The van der Waals surface area contributed by atoms with Gasteiger partial charge in [0.2, 0.25) is 10.0 Å². The molecule has 0 unspecified atom stereocenters. The maximum Gasteiger partial charge on any atom is 0.310 e. The zero-order valence-electron chi connectivity index (χ0n) is 10.8. The average Bonchev–Trinajstić information content (AvgIpc) is 2.15. The number of hydrogen-bond acceptors (Lipinski definition) is 4. The van der Waals surface area contributed by atoms with E-state index >= 15 is 0 Å². The summed E-state index contributed by atoms with van der Waals surface area (Å²) in [4.78, 5) is 11.7. The fourth-order valence-electron chi connectivity index (χ4n) is 2.56. The Bertz CT molecular complexity index is 379. The van der Waals surface area contributed by atoms with Crippen LogP contribution in [0.2, 0.25) is 0 Å². The molecule has 0 aliphatic carbocycles. The van der Waals surface area contributed by atoms with Gasteiger partial charge in [-0.2, -0.15) is 4.31 Å². The van der Waals surface area contributed by atoms with Crippen LogP contribution in [0.3, 0.4) is 0 Å². The van der Waals surface area contributed by atoms with E-state index in [1.165, 1.54) is 10.6 Å². The molecule has 0 saturated carbocycles. The van der Waals surface area contributed by atoms with E-state index in [0.29, 0.717) is 19.4 Å². The van der Waals surface area contributed by atoms with Crippen LogP contribution < -0.4 is 0 Å². The minimum atomic E-state index is -3.28. The van der Waals surface area contributed by atoms with Crippen molar-refractivity contribution < 1.29 is 17.9 Å². The molecule has 0 bridgehead atoms. The van der Waals surface area contributed by atoms with Crippen LogP contribution >= 0.6 is 0 Å². The minimum absolute atomic E-state index is 0.0503. The standard InChI is InChI=1S/C11H21NO4S/c1-5-16-11(13)10-7-6-8(2)12(9(10)3)17(4,14)15/h8-10H,5-7H2,1-4H3/t8-,9+,10+/m0/s1. The Morgan fingerprint density at radius 2 is 1.94 bits per heavy atom. The van der Waals surface area contributed by atoms with Gasteiger partial charge in [-0.1, -0.05) is 0 Å². The fraction of sp³-hybridized carbons (Fsp3) is 0.909. The van der Waals surface area contributed by atoms with Crippen LogP contribution in [0.25, 0.3) is 0 Å². The molecular formula is C11H21NO4S. The van der Waals surface area contributed by atoms with Crippen molar-refractivity contribution in [2.75, 3.05) is 12.9 Å². The van der Waals surface area contributed by atoms with E-state index in [1.807, 2.05) is 6.92 Å². The number of carbonyl (C=O) groups excluding carboxylic acids is 1. The molecule has 3 atom stereocenters.